The molecule has 5 nitrogen and oxygen atoms in total. The molecular weight excluding hydrogens is 661 g/mol. The summed E-state index contributed by atoms with van der Waals surface area (Å²) in [5.41, 5.74) is 7.69. The molecule has 3 aromatic carbocycles. The van der Waals surface area contributed by atoms with E-state index in [4.69, 9.17) is 4.98 Å². The Hall–Kier alpha value is -4.34. The van der Waals surface area contributed by atoms with Gasteiger partial charge in [0.25, 0.3) is 0 Å². The molecule has 0 spiro atoms. The van der Waals surface area contributed by atoms with Crippen molar-refractivity contribution in [3.63, 3.8) is 0 Å². The van der Waals surface area contributed by atoms with Gasteiger partial charge in [-0.1, -0.05) is 76.9 Å². The summed E-state index contributed by atoms with van der Waals surface area (Å²) in [5, 5.41) is 6.85. The molecule has 0 radical (unpaired) electrons. The Kier molecular flexibility index (Phi) is 5.75. The van der Waals surface area contributed by atoms with Crippen LogP contribution in [0.15, 0.2) is 121 Å². The molecule has 0 saturated carbocycles. The summed E-state index contributed by atoms with van der Waals surface area (Å²) in [5.74, 6) is 1.16. The monoisotopic (exact) mass is 683 g/mol. The van der Waals surface area contributed by atoms with Crippen LogP contribution in [-0.4, -0.2) is 14.6 Å². The molecule has 3 aromatic heterocycles. The van der Waals surface area contributed by atoms with Crippen LogP contribution in [0.5, 0.6) is 0 Å². The first-order valence-corrected chi connectivity index (χ1v) is 12.8. The summed E-state index contributed by atoms with van der Waals surface area (Å²) in [6, 6.07) is 35.1. The van der Waals surface area contributed by atoms with Crippen LogP contribution < -0.4 is 9.58 Å². The first kappa shape index (κ1) is 23.8. The standard InChI is InChI=1S/C33H22N5.Pt/c1-3-11-29-25(9-1)27-16-14-23(36-20-8-7-19-35-36)21-31(27)37(29)24-15-17-28-26-10-2-4-12-30(26)38(32(28)22-24)33-13-5-6-18-34-33;/h1-16,18-20,28H,17H2;/q-1;+2. The summed E-state index contributed by atoms with van der Waals surface area (Å²) >= 11 is 0. The first-order chi connectivity index (χ1) is 18.9. The fraction of sp³-hybridized carbons (Fsp3) is 0.0606. The molecule has 1 unspecified atom stereocenters. The molecule has 8 rings (SSSR count). The number of para-hydroxylation sites is 2. The number of anilines is 2. The van der Waals surface area contributed by atoms with Crippen molar-refractivity contribution in [1.82, 2.24) is 14.6 Å². The van der Waals surface area contributed by atoms with Gasteiger partial charge in [0.15, 0.2) is 6.20 Å². The number of pyridine rings is 1. The van der Waals surface area contributed by atoms with E-state index in [-0.39, 0.29) is 27.0 Å². The molecule has 0 fully saturated rings. The van der Waals surface area contributed by atoms with Crippen molar-refractivity contribution < 1.29 is 25.7 Å². The molecule has 1 aliphatic heterocycles. The normalized spacial score (nSPS) is 15.9. The third-order valence-corrected chi connectivity index (χ3v) is 7.48. The van der Waals surface area contributed by atoms with Gasteiger partial charge in [0, 0.05) is 23.5 Å². The summed E-state index contributed by atoms with van der Waals surface area (Å²) < 4.78 is 4.14. The van der Waals surface area contributed by atoms with Gasteiger partial charge in [-0.25, -0.2) is 17.1 Å². The van der Waals surface area contributed by atoms with Gasteiger partial charge < -0.3 is 9.47 Å². The van der Waals surface area contributed by atoms with Gasteiger partial charge in [0.05, 0.1) is 6.20 Å². The van der Waals surface area contributed by atoms with E-state index in [0.29, 0.717) is 0 Å². The molecule has 2 aliphatic rings. The van der Waals surface area contributed by atoms with E-state index in [9.17, 15) is 0 Å². The summed E-state index contributed by atoms with van der Waals surface area (Å²) in [7, 11) is 0. The maximum Gasteiger partial charge on any atom is 2.00 e. The minimum absolute atomic E-state index is 0. The number of hydrogen-bond donors (Lipinski definition) is 0. The second kappa shape index (κ2) is 9.44. The van der Waals surface area contributed by atoms with Crippen LogP contribution in [0.4, 0.5) is 11.5 Å². The molecule has 1 aliphatic carbocycles. The van der Waals surface area contributed by atoms with Crippen molar-refractivity contribution in [3.05, 3.63) is 139 Å². The number of benzene rings is 3. The Labute approximate surface area is 240 Å². The van der Waals surface area contributed by atoms with Crippen molar-refractivity contribution in [2.24, 2.45) is 0 Å². The minimum atomic E-state index is 0. The maximum absolute atomic E-state index is 4.71. The van der Waals surface area contributed by atoms with Crippen LogP contribution >= 0.6 is 0 Å². The molecule has 0 amide bonds. The number of allylic oxidation sites excluding steroid dienone is 4. The van der Waals surface area contributed by atoms with Gasteiger partial charge in [0.2, 0.25) is 0 Å². The maximum atomic E-state index is 4.71. The predicted molar refractivity (Wildman–Crippen MR) is 149 cm³/mol. The SMILES string of the molecule is [C-]1=C2C(CC=C1n1c3[c-]c(-[n+]4ccccn4)ccc3c3ccccc31)c1ccccc1N2c1ccccn1.[Pt+2]. The average Bonchev–Trinajstić information content (AvgIpc) is 3.50. The largest absolute Gasteiger partial charge is 2.00 e. The van der Waals surface area contributed by atoms with Crippen molar-refractivity contribution in [1.29, 1.82) is 0 Å². The third kappa shape index (κ3) is 3.69. The molecule has 1 atom stereocenters. The minimum Gasteiger partial charge on any atom is -0.370 e. The van der Waals surface area contributed by atoms with E-state index in [0.717, 1.165) is 45.7 Å². The van der Waals surface area contributed by atoms with Crippen molar-refractivity contribution in [2.75, 3.05) is 4.90 Å². The van der Waals surface area contributed by atoms with Crippen LogP contribution in [-0.2, 0) is 21.1 Å². The molecule has 0 N–H and O–H groups in total. The summed E-state index contributed by atoms with van der Waals surface area (Å²) in [6.07, 6.45) is 12.6. The second-order valence-electron chi connectivity index (χ2n) is 9.57. The molecule has 39 heavy (non-hydrogen) atoms. The van der Waals surface area contributed by atoms with Crippen LogP contribution in [0.25, 0.3) is 33.2 Å². The van der Waals surface area contributed by atoms with E-state index in [1.54, 1.807) is 6.20 Å². The van der Waals surface area contributed by atoms with E-state index in [1.165, 1.54) is 16.6 Å². The summed E-state index contributed by atoms with van der Waals surface area (Å²) in [6.45, 7) is 0. The van der Waals surface area contributed by atoms with Gasteiger partial charge in [-0.05, 0) is 52.3 Å². The van der Waals surface area contributed by atoms with Gasteiger partial charge in [0.1, 0.15) is 11.5 Å². The van der Waals surface area contributed by atoms with Gasteiger partial charge in [-0.15, -0.1) is 11.1 Å². The Balaban J connectivity index is 0.00000253. The molecule has 0 bridgehead atoms. The van der Waals surface area contributed by atoms with Crippen molar-refractivity contribution in [3.8, 4) is 5.69 Å². The zero-order chi connectivity index (χ0) is 25.1. The van der Waals surface area contributed by atoms with E-state index < -0.39 is 0 Å². The fourth-order valence-corrected chi connectivity index (χ4v) is 5.83. The number of rotatable bonds is 3. The van der Waals surface area contributed by atoms with Crippen LogP contribution in [0.2, 0.25) is 0 Å². The second-order valence-corrected chi connectivity index (χ2v) is 9.57. The predicted octanol–water partition coefficient (Wildman–Crippen LogP) is 6.53. The van der Waals surface area contributed by atoms with Crippen LogP contribution in [0.3, 0.4) is 0 Å². The van der Waals surface area contributed by atoms with E-state index in [1.807, 2.05) is 41.3 Å². The number of aromatic nitrogens is 4. The molecule has 0 saturated heterocycles. The van der Waals surface area contributed by atoms with Crippen molar-refractivity contribution >= 4 is 39.0 Å². The van der Waals surface area contributed by atoms with Gasteiger partial charge >= 0.3 is 21.1 Å². The summed E-state index contributed by atoms with van der Waals surface area (Å²) in [4.78, 5) is 6.97. The quantitative estimate of drug-likeness (QED) is 0.158. The van der Waals surface area contributed by atoms with Crippen LogP contribution in [0, 0.1) is 12.1 Å². The Morgan fingerprint density at radius 2 is 1.67 bits per heavy atom. The van der Waals surface area contributed by atoms with Crippen molar-refractivity contribution in [2.45, 2.75) is 12.3 Å². The molecule has 4 heterocycles. The molecule has 6 heteroatoms. The molecular formula is C33H22N5Pt+. The third-order valence-electron chi connectivity index (χ3n) is 7.48. The van der Waals surface area contributed by atoms with E-state index >= 15 is 0 Å². The topological polar surface area (TPSA) is 37.8 Å². The zero-order valence-corrected chi connectivity index (χ0v) is 23.1. The Bertz CT molecular complexity index is 1910. The van der Waals surface area contributed by atoms with Gasteiger partial charge in [-0.2, -0.15) is 6.07 Å². The molecule has 188 valence electrons. The average molecular weight is 684 g/mol. The van der Waals surface area contributed by atoms with Gasteiger partial charge in [-0.3, -0.25) is 0 Å². The number of nitrogens with zero attached hydrogens (tertiary/aromatic N) is 5. The van der Waals surface area contributed by atoms with Crippen LogP contribution in [0.1, 0.15) is 17.9 Å². The Morgan fingerprint density at radius 3 is 2.54 bits per heavy atom. The Morgan fingerprint density at radius 1 is 0.821 bits per heavy atom. The van der Waals surface area contributed by atoms with E-state index in [2.05, 4.69) is 99.5 Å². The first-order valence-electron chi connectivity index (χ1n) is 12.8. The fourth-order valence-electron chi connectivity index (χ4n) is 5.83. The number of hydrogen-bond acceptors (Lipinski definition) is 3. The molecule has 6 aromatic rings. The number of fused-ring (bicyclic) bond motifs is 6. The zero-order valence-electron chi connectivity index (χ0n) is 20.8. The smallest absolute Gasteiger partial charge is 0.370 e.